The first kappa shape index (κ1) is 14.7. The van der Waals surface area contributed by atoms with Gasteiger partial charge in [-0.3, -0.25) is 0 Å². The second kappa shape index (κ2) is 8.67. The third-order valence-corrected chi connectivity index (χ3v) is 3.52. The van der Waals surface area contributed by atoms with Gasteiger partial charge < -0.3 is 15.5 Å². The fourth-order valence-electron chi connectivity index (χ4n) is 2.37. The minimum atomic E-state index is 0.695. The molecule has 1 fully saturated rings. The largest absolute Gasteiger partial charge is 0.314 e. The summed E-state index contributed by atoms with van der Waals surface area (Å²) in [6, 6.07) is 1.41. The lowest BCUT2D eigenvalue weighted by Gasteiger charge is -2.18. The van der Waals surface area contributed by atoms with E-state index >= 15 is 0 Å². The summed E-state index contributed by atoms with van der Waals surface area (Å²) in [6.45, 7) is 10.5. The Bertz CT molecular complexity index is 206. The van der Waals surface area contributed by atoms with Crippen LogP contribution in [0.4, 0.5) is 0 Å². The summed E-state index contributed by atoms with van der Waals surface area (Å²) in [7, 11) is 2.15. The van der Waals surface area contributed by atoms with E-state index in [1.807, 2.05) is 6.08 Å². The average molecular weight is 239 g/mol. The van der Waals surface area contributed by atoms with Gasteiger partial charge in [-0.2, -0.15) is 0 Å². The van der Waals surface area contributed by atoms with Crippen LogP contribution in [0, 0.1) is 0 Å². The Kier molecular flexibility index (Phi) is 7.49. The standard InChI is InChI=1S/C14H29N3/c1-4-11-17(3)12-5-9-16-14-7-6-13(2)15-10-8-14/h4,13-16H,1,5-12H2,2-3H3. The first-order valence-corrected chi connectivity index (χ1v) is 6.98. The van der Waals surface area contributed by atoms with Crippen molar-refractivity contribution < 1.29 is 0 Å². The zero-order valence-electron chi connectivity index (χ0n) is 11.5. The van der Waals surface area contributed by atoms with Gasteiger partial charge in [-0.05, 0) is 59.3 Å². The fraction of sp³-hybridized carbons (Fsp3) is 0.857. The molecule has 1 rings (SSSR count). The van der Waals surface area contributed by atoms with Crippen LogP contribution < -0.4 is 10.6 Å². The number of nitrogens with zero attached hydrogens (tertiary/aromatic N) is 1. The second-order valence-electron chi connectivity index (χ2n) is 5.28. The Labute approximate surface area is 107 Å². The highest BCUT2D eigenvalue weighted by atomic mass is 15.1. The van der Waals surface area contributed by atoms with Crippen LogP contribution in [-0.2, 0) is 0 Å². The third kappa shape index (κ3) is 6.81. The predicted molar refractivity (Wildman–Crippen MR) is 75.4 cm³/mol. The summed E-state index contributed by atoms with van der Waals surface area (Å²) >= 11 is 0. The van der Waals surface area contributed by atoms with Crippen molar-refractivity contribution in [2.45, 2.75) is 44.7 Å². The van der Waals surface area contributed by atoms with Crippen molar-refractivity contribution in [3.05, 3.63) is 12.7 Å². The van der Waals surface area contributed by atoms with E-state index in [4.69, 9.17) is 0 Å². The molecule has 1 heterocycles. The third-order valence-electron chi connectivity index (χ3n) is 3.52. The molecular formula is C14H29N3. The molecule has 3 nitrogen and oxygen atoms in total. The topological polar surface area (TPSA) is 27.3 Å². The van der Waals surface area contributed by atoms with Crippen LogP contribution in [-0.4, -0.2) is 50.2 Å². The quantitative estimate of drug-likeness (QED) is 0.522. The maximum absolute atomic E-state index is 3.76. The van der Waals surface area contributed by atoms with Gasteiger partial charge in [-0.25, -0.2) is 0 Å². The Morgan fingerprint density at radius 1 is 1.41 bits per heavy atom. The molecule has 1 saturated heterocycles. The molecule has 0 aromatic carbocycles. The monoisotopic (exact) mass is 239 g/mol. The SMILES string of the molecule is C=CCN(C)CCCNC1CCNC(C)CC1. The summed E-state index contributed by atoms with van der Waals surface area (Å²) in [5, 5.41) is 7.23. The van der Waals surface area contributed by atoms with Gasteiger partial charge in [0.15, 0.2) is 0 Å². The van der Waals surface area contributed by atoms with Gasteiger partial charge in [0.1, 0.15) is 0 Å². The van der Waals surface area contributed by atoms with Crippen molar-refractivity contribution in [3.63, 3.8) is 0 Å². The maximum Gasteiger partial charge on any atom is 0.0157 e. The van der Waals surface area contributed by atoms with Gasteiger partial charge in [0.2, 0.25) is 0 Å². The molecule has 1 aliphatic rings. The van der Waals surface area contributed by atoms with E-state index in [0.29, 0.717) is 6.04 Å². The molecule has 3 heteroatoms. The molecular weight excluding hydrogens is 210 g/mol. The minimum absolute atomic E-state index is 0.695. The highest BCUT2D eigenvalue weighted by Crippen LogP contribution is 2.09. The molecule has 0 bridgehead atoms. The molecule has 0 aliphatic carbocycles. The van der Waals surface area contributed by atoms with E-state index in [-0.39, 0.29) is 0 Å². The van der Waals surface area contributed by atoms with E-state index in [1.54, 1.807) is 0 Å². The van der Waals surface area contributed by atoms with Gasteiger partial charge in [0, 0.05) is 18.6 Å². The summed E-state index contributed by atoms with van der Waals surface area (Å²) in [6.07, 6.45) is 7.08. The lowest BCUT2D eigenvalue weighted by molar-refractivity contribution is 0.351. The van der Waals surface area contributed by atoms with Gasteiger partial charge in [-0.1, -0.05) is 6.08 Å². The van der Waals surface area contributed by atoms with Crippen LogP contribution in [0.15, 0.2) is 12.7 Å². The summed E-state index contributed by atoms with van der Waals surface area (Å²) in [4.78, 5) is 2.31. The Morgan fingerprint density at radius 3 is 3.00 bits per heavy atom. The molecule has 0 radical (unpaired) electrons. The normalized spacial score (nSPS) is 25.8. The van der Waals surface area contributed by atoms with Crippen molar-refractivity contribution in [2.75, 3.05) is 33.2 Å². The number of hydrogen-bond donors (Lipinski definition) is 2. The first-order chi connectivity index (χ1) is 8.22. The number of nitrogens with one attached hydrogen (secondary N) is 2. The molecule has 1 aliphatic heterocycles. The van der Waals surface area contributed by atoms with Gasteiger partial charge >= 0.3 is 0 Å². The lowest BCUT2D eigenvalue weighted by Crippen LogP contribution is -2.32. The first-order valence-electron chi connectivity index (χ1n) is 6.98. The van der Waals surface area contributed by atoms with Crippen LogP contribution in [0.25, 0.3) is 0 Å². The van der Waals surface area contributed by atoms with Crippen LogP contribution in [0.1, 0.15) is 32.6 Å². The van der Waals surface area contributed by atoms with Gasteiger partial charge in [0.05, 0.1) is 0 Å². The zero-order valence-corrected chi connectivity index (χ0v) is 11.5. The molecule has 0 saturated carbocycles. The second-order valence-corrected chi connectivity index (χ2v) is 5.28. The van der Waals surface area contributed by atoms with Crippen LogP contribution >= 0.6 is 0 Å². The number of hydrogen-bond acceptors (Lipinski definition) is 3. The smallest absolute Gasteiger partial charge is 0.0157 e. The maximum atomic E-state index is 3.76. The van der Waals surface area contributed by atoms with Crippen molar-refractivity contribution >= 4 is 0 Å². The van der Waals surface area contributed by atoms with Crippen LogP contribution in [0.2, 0.25) is 0 Å². The van der Waals surface area contributed by atoms with Crippen LogP contribution in [0.5, 0.6) is 0 Å². The van der Waals surface area contributed by atoms with Gasteiger partial charge in [0.25, 0.3) is 0 Å². The Hall–Kier alpha value is -0.380. The molecule has 2 N–H and O–H groups in total. The Morgan fingerprint density at radius 2 is 2.24 bits per heavy atom. The van der Waals surface area contributed by atoms with Crippen molar-refractivity contribution in [3.8, 4) is 0 Å². The zero-order chi connectivity index (χ0) is 12.5. The van der Waals surface area contributed by atoms with E-state index in [2.05, 4.69) is 36.1 Å². The molecule has 0 spiro atoms. The van der Waals surface area contributed by atoms with E-state index in [9.17, 15) is 0 Å². The molecule has 0 aromatic heterocycles. The van der Waals surface area contributed by atoms with Crippen LogP contribution in [0.3, 0.4) is 0 Å². The molecule has 100 valence electrons. The minimum Gasteiger partial charge on any atom is -0.314 e. The molecule has 0 amide bonds. The highest BCUT2D eigenvalue weighted by molar-refractivity contribution is 4.77. The average Bonchev–Trinajstić information content (AvgIpc) is 2.50. The number of likely N-dealkylation sites (N-methyl/N-ethyl adjacent to an activating group) is 1. The van der Waals surface area contributed by atoms with Crippen molar-refractivity contribution in [1.29, 1.82) is 0 Å². The molecule has 2 atom stereocenters. The van der Waals surface area contributed by atoms with E-state index < -0.39 is 0 Å². The van der Waals surface area contributed by atoms with E-state index in [0.717, 1.165) is 32.2 Å². The molecule has 2 unspecified atom stereocenters. The summed E-state index contributed by atoms with van der Waals surface area (Å²) in [5.74, 6) is 0. The molecule has 17 heavy (non-hydrogen) atoms. The van der Waals surface area contributed by atoms with Crippen molar-refractivity contribution in [1.82, 2.24) is 15.5 Å². The van der Waals surface area contributed by atoms with Crippen molar-refractivity contribution in [2.24, 2.45) is 0 Å². The Balaban J connectivity index is 2.03. The van der Waals surface area contributed by atoms with Gasteiger partial charge in [-0.15, -0.1) is 6.58 Å². The summed E-state index contributed by atoms with van der Waals surface area (Å²) in [5.41, 5.74) is 0. The molecule has 0 aromatic rings. The predicted octanol–water partition coefficient (Wildman–Crippen LogP) is 1.61. The highest BCUT2D eigenvalue weighted by Gasteiger charge is 2.14. The lowest BCUT2D eigenvalue weighted by atomic mass is 10.1. The summed E-state index contributed by atoms with van der Waals surface area (Å²) < 4.78 is 0. The van der Waals surface area contributed by atoms with E-state index in [1.165, 1.54) is 25.7 Å². The fourth-order valence-corrected chi connectivity index (χ4v) is 2.37. The number of rotatable bonds is 7.